The van der Waals surface area contributed by atoms with Crippen LogP contribution in [-0.4, -0.2) is 30.9 Å². The van der Waals surface area contributed by atoms with E-state index >= 15 is 0 Å². The molecule has 0 saturated carbocycles. The summed E-state index contributed by atoms with van der Waals surface area (Å²) in [6.45, 7) is 4.93. The van der Waals surface area contributed by atoms with Crippen molar-refractivity contribution >= 4 is 11.8 Å². The molecule has 0 aliphatic carbocycles. The van der Waals surface area contributed by atoms with Gasteiger partial charge in [-0.1, -0.05) is 6.92 Å². The van der Waals surface area contributed by atoms with Crippen molar-refractivity contribution in [2.75, 3.05) is 25.5 Å². The number of hydrogen-bond donors (Lipinski definition) is 1. The SMILES string of the molecule is CCSC1COCCN1. The van der Waals surface area contributed by atoms with Gasteiger partial charge in [-0.05, 0) is 5.75 Å². The van der Waals surface area contributed by atoms with E-state index in [2.05, 4.69) is 12.2 Å². The average Bonchev–Trinajstić information content (AvgIpc) is 1.91. The molecule has 1 atom stereocenters. The number of rotatable bonds is 2. The highest BCUT2D eigenvalue weighted by Crippen LogP contribution is 2.09. The van der Waals surface area contributed by atoms with Crippen molar-refractivity contribution < 1.29 is 4.74 Å². The van der Waals surface area contributed by atoms with Crippen LogP contribution in [0.3, 0.4) is 0 Å². The van der Waals surface area contributed by atoms with Crippen LogP contribution < -0.4 is 5.32 Å². The molecule has 0 radical (unpaired) electrons. The van der Waals surface area contributed by atoms with Crippen LogP contribution in [0.4, 0.5) is 0 Å². The maximum Gasteiger partial charge on any atom is 0.0770 e. The molecule has 0 aromatic rings. The highest BCUT2D eigenvalue weighted by Gasteiger charge is 2.10. The van der Waals surface area contributed by atoms with Crippen LogP contribution in [0, 0.1) is 0 Å². The number of ether oxygens (including phenoxy) is 1. The van der Waals surface area contributed by atoms with E-state index in [9.17, 15) is 0 Å². The number of hydrogen-bond acceptors (Lipinski definition) is 3. The van der Waals surface area contributed by atoms with Crippen LogP contribution in [-0.2, 0) is 4.74 Å². The fourth-order valence-corrected chi connectivity index (χ4v) is 1.68. The molecule has 9 heavy (non-hydrogen) atoms. The first-order valence-electron chi connectivity index (χ1n) is 3.36. The van der Waals surface area contributed by atoms with E-state index < -0.39 is 0 Å². The molecule has 1 heterocycles. The standard InChI is InChI=1S/C6H13NOS/c1-2-9-6-5-8-4-3-7-6/h6-7H,2-5H2,1H3. The van der Waals surface area contributed by atoms with Crippen molar-refractivity contribution in [3.63, 3.8) is 0 Å². The minimum Gasteiger partial charge on any atom is -0.378 e. The second-order valence-corrected chi connectivity index (χ2v) is 3.45. The van der Waals surface area contributed by atoms with Crippen molar-refractivity contribution in [1.29, 1.82) is 0 Å². The third-order valence-corrected chi connectivity index (χ3v) is 2.29. The summed E-state index contributed by atoms with van der Waals surface area (Å²) in [7, 11) is 0. The lowest BCUT2D eigenvalue weighted by Gasteiger charge is -2.22. The van der Waals surface area contributed by atoms with Gasteiger partial charge in [-0.15, -0.1) is 11.8 Å². The van der Waals surface area contributed by atoms with Crippen molar-refractivity contribution in [2.24, 2.45) is 0 Å². The molecule has 3 heteroatoms. The van der Waals surface area contributed by atoms with Crippen LogP contribution in [0.5, 0.6) is 0 Å². The molecule has 1 aliphatic rings. The molecule has 0 aromatic heterocycles. The smallest absolute Gasteiger partial charge is 0.0770 e. The van der Waals surface area contributed by atoms with Crippen LogP contribution in [0.1, 0.15) is 6.92 Å². The minimum atomic E-state index is 0.545. The summed E-state index contributed by atoms with van der Waals surface area (Å²) < 4.78 is 5.25. The third kappa shape index (κ3) is 2.56. The van der Waals surface area contributed by atoms with E-state index in [-0.39, 0.29) is 0 Å². The molecule has 1 aliphatic heterocycles. The lowest BCUT2D eigenvalue weighted by atomic mass is 10.5. The van der Waals surface area contributed by atoms with Gasteiger partial charge in [-0.3, -0.25) is 0 Å². The van der Waals surface area contributed by atoms with Gasteiger partial charge in [-0.2, -0.15) is 0 Å². The topological polar surface area (TPSA) is 21.3 Å². The van der Waals surface area contributed by atoms with Crippen molar-refractivity contribution in [1.82, 2.24) is 5.32 Å². The normalized spacial score (nSPS) is 28.3. The van der Waals surface area contributed by atoms with Gasteiger partial charge in [0.05, 0.1) is 18.6 Å². The molecule has 1 fully saturated rings. The maximum atomic E-state index is 5.25. The monoisotopic (exact) mass is 147 g/mol. The minimum absolute atomic E-state index is 0.545. The molecular weight excluding hydrogens is 134 g/mol. The lowest BCUT2D eigenvalue weighted by Crippen LogP contribution is -2.38. The third-order valence-electron chi connectivity index (χ3n) is 1.26. The summed E-state index contributed by atoms with van der Waals surface area (Å²) in [6, 6.07) is 0. The van der Waals surface area contributed by atoms with Gasteiger partial charge in [0.25, 0.3) is 0 Å². The van der Waals surface area contributed by atoms with E-state index in [1.807, 2.05) is 11.8 Å². The fraction of sp³-hybridized carbons (Fsp3) is 1.00. The van der Waals surface area contributed by atoms with Gasteiger partial charge in [0.2, 0.25) is 0 Å². The predicted octanol–water partition coefficient (Wildman–Crippen LogP) is 0.685. The zero-order valence-corrected chi connectivity index (χ0v) is 6.54. The molecule has 1 rings (SSSR count). The quantitative estimate of drug-likeness (QED) is 0.621. The second-order valence-electron chi connectivity index (χ2n) is 1.97. The van der Waals surface area contributed by atoms with Crippen LogP contribution in [0.15, 0.2) is 0 Å². The number of nitrogens with one attached hydrogen (secondary N) is 1. The molecule has 1 saturated heterocycles. The zero-order chi connectivity index (χ0) is 6.53. The first-order chi connectivity index (χ1) is 4.43. The van der Waals surface area contributed by atoms with E-state index in [0.717, 1.165) is 19.8 Å². The van der Waals surface area contributed by atoms with Crippen molar-refractivity contribution in [3.05, 3.63) is 0 Å². The van der Waals surface area contributed by atoms with Gasteiger partial charge in [-0.25, -0.2) is 0 Å². The molecule has 54 valence electrons. The van der Waals surface area contributed by atoms with Gasteiger partial charge in [0, 0.05) is 6.54 Å². The predicted molar refractivity (Wildman–Crippen MR) is 40.7 cm³/mol. The van der Waals surface area contributed by atoms with Crippen LogP contribution in [0.25, 0.3) is 0 Å². The highest BCUT2D eigenvalue weighted by atomic mass is 32.2. The van der Waals surface area contributed by atoms with Gasteiger partial charge < -0.3 is 10.1 Å². The summed E-state index contributed by atoms with van der Waals surface area (Å²) in [6.07, 6.45) is 0. The molecule has 0 bridgehead atoms. The fourth-order valence-electron chi connectivity index (χ4n) is 0.850. The van der Waals surface area contributed by atoms with Gasteiger partial charge >= 0.3 is 0 Å². The van der Waals surface area contributed by atoms with Crippen molar-refractivity contribution in [2.45, 2.75) is 12.3 Å². The maximum absolute atomic E-state index is 5.25. The summed E-state index contributed by atoms with van der Waals surface area (Å²) in [4.78, 5) is 0. The van der Waals surface area contributed by atoms with E-state index in [1.54, 1.807) is 0 Å². The Bertz CT molecular complexity index is 70.7. The molecule has 2 nitrogen and oxygen atoms in total. The van der Waals surface area contributed by atoms with Gasteiger partial charge in [0.15, 0.2) is 0 Å². The molecule has 1 N–H and O–H groups in total. The first kappa shape index (κ1) is 7.38. The summed E-state index contributed by atoms with van der Waals surface area (Å²) in [5.41, 5.74) is 0. The van der Waals surface area contributed by atoms with E-state index in [4.69, 9.17) is 4.74 Å². The molecule has 0 aromatic carbocycles. The second kappa shape index (κ2) is 4.14. The zero-order valence-electron chi connectivity index (χ0n) is 5.72. The van der Waals surface area contributed by atoms with Crippen molar-refractivity contribution in [3.8, 4) is 0 Å². The number of thioether (sulfide) groups is 1. The average molecular weight is 147 g/mol. The Kier molecular flexibility index (Phi) is 3.40. The Balaban J connectivity index is 2.08. The van der Waals surface area contributed by atoms with E-state index in [1.165, 1.54) is 5.75 Å². The largest absolute Gasteiger partial charge is 0.378 e. The van der Waals surface area contributed by atoms with Crippen LogP contribution >= 0.6 is 11.8 Å². The van der Waals surface area contributed by atoms with Gasteiger partial charge in [0.1, 0.15) is 0 Å². The highest BCUT2D eigenvalue weighted by molar-refractivity contribution is 7.99. The Labute approximate surface area is 60.3 Å². The summed E-state index contributed by atoms with van der Waals surface area (Å²) in [5.74, 6) is 1.17. The molecular formula is C6H13NOS. The lowest BCUT2D eigenvalue weighted by molar-refractivity contribution is 0.100. The molecule has 1 unspecified atom stereocenters. The Morgan fingerprint density at radius 1 is 1.78 bits per heavy atom. The summed E-state index contributed by atoms with van der Waals surface area (Å²) >= 11 is 1.92. The molecule has 0 spiro atoms. The first-order valence-corrected chi connectivity index (χ1v) is 4.41. The summed E-state index contributed by atoms with van der Waals surface area (Å²) in [5, 5.41) is 3.90. The van der Waals surface area contributed by atoms with E-state index in [0.29, 0.717) is 5.37 Å². The number of morpholine rings is 1. The Morgan fingerprint density at radius 2 is 2.67 bits per heavy atom. The Hall–Kier alpha value is 0.270. The molecule has 0 amide bonds. The Morgan fingerprint density at radius 3 is 3.22 bits per heavy atom. The van der Waals surface area contributed by atoms with Crippen LogP contribution in [0.2, 0.25) is 0 Å².